The fourth-order valence-corrected chi connectivity index (χ4v) is 2.02. The fraction of sp³-hybridized carbons (Fsp3) is 0.400. The van der Waals surface area contributed by atoms with Gasteiger partial charge in [-0.25, -0.2) is 8.78 Å². The second-order valence-corrected chi connectivity index (χ2v) is 3.92. The molecule has 1 unspecified atom stereocenters. The van der Waals surface area contributed by atoms with Crippen LogP contribution in [-0.2, 0) is 5.67 Å². The van der Waals surface area contributed by atoms with Gasteiger partial charge in [0.2, 0.25) is 0 Å². The maximum absolute atomic E-state index is 14.2. The third kappa shape index (κ3) is 1.62. The quantitative estimate of drug-likeness (QED) is 0.763. The van der Waals surface area contributed by atoms with Crippen LogP contribution in [-0.4, -0.2) is 13.1 Å². The number of nitrogens with one attached hydrogen (secondary N) is 1. The Morgan fingerprint density at radius 3 is 2.86 bits per heavy atom. The third-order valence-corrected chi connectivity index (χ3v) is 2.84. The molecule has 1 aromatic carbocycles. The van der Waals surface area contributed by atoms with Gasteiger partial charge in [0.15, 0.2) is 5.67 Å². The van der Waals surface area contributed by atoms with Gasteiger partial charge in [0.25, 0.3) is 0 Å². The summed E-state index contributed by atoms with van der Waals surface area (Å²) in [6.45, 7) is 0.805. The van der Waals surface area contributed by atoms with E-state index >= 15 is 0 Å². The molecule has 1 aromatic rings. The molecule has 1 atom stereocenters. The normalized spacial score (nSPS) is 26.8. The lowest BCUT2D eigenvalue weighted by molar-refractivity contribution is 0.193. The highest BCUT2D eigenvalue weighted by Crippen LogP contribution is 2.36. The molecular formula is C10H10ClF2N. The van der Waals surface area contributed by atoms with E-state index in [1.165, 1.54) is 18.2 Å². The zero-order chi connectivity index (χ0) is 10.2. The number of rotatable bonds is 1. The molecule has 1 aliphatic heterocycles. The summed E-state index contributed by atoms with van der Waals surface area (Å²) in [5.74, 6) is -0.451. The van der Waals surface area contributed by atoms with Crippen molar-refractivity contribution in [1.29, 1.82) is 0 Å². The van der Waals surface area contributed by atoms with Crippen molar-refractivity contribution in [1.82, 2.24) is 5.32 Å². The highest BCUT2D eigenvalue weighted by atomic mass is 35.5. The Morgan fingerprint density at radius 2 is 2.21 bits per heavy atom. The molecule has 0 aromatic heterocycles. The molecular weight excluding hydrogens is 208 g/mol. The molecule has 0 radical (unpaired) electrons. The van der Waals surface area contributed by atoms with Crippen molar-refractivity contribution >= 4 is 11.6 Å². The predicted octanol–water partition coefficient (Wildman–Crippen LogP) is 2.64. The van der Waals surface area contributed by atoms with Crippen molar-refractivity contribution in [2.75, 3.05) is 13.1 Å². The largest absolute Gasteiger partial charge is 0.313 e. The van der Waals surface area contributed by atoms with Crippen molar-refractivity contribution in [2.45, 2.75) is 12.1 Å². The van der Waals surface area contributed by atoms with E-state index in [-0.39, 0.29) is 17.1 Å². The topological polar surface area (TPSA) is 12.0 Å². The van der Waals surface area contributed by atoms with Crippen LogP contribution in [0, 0.1) is 5.82 Å². The first-order chi connectivity index (χ1) is 6.62. The van der Waals surface area contributed by atoms with Crippen molar-refractivity contribution in [3.05, 3.63) is 34.6 Å². The highest BCUT2D eigenvalue weighted by molar-refractivity contribution is 6.31. The molecule has 76 valence electrons. The maximum Gasteiger partial charge on any atom is 0.151 e. The molecule has 0 amide bonds. The standard InChI is InChI=1S/C10H10ClF2N/c11-9-2-1-7(12)5-8(9)10(13)3-4-14-6-10/h1-2,5,14H,3-4,6H2. The summed E-state index contributed by atoms with van der Waals surface area (Å²) in [6.07, 6.45) is 0.343. The Hall–Kier alpha value is -0.670. The molecule has 4 heteroatoms. The van der Waals surface area contributed by atoms with Crippen LogP contribution >= 0.6 is 11.6 Å². The van der Waals surface area contributed by atoms with E-state index in [0.29, 0.717) is 13.0 Å². The summed E-state index contributed by atoms with van der Waals surface area (Å²) in [7, 11) is 0. The zero-order valence-corrected chi connectivity index (χ0v) is 8.24. The highest BCUT2D eigenvalue weighted by Gasteiger charge is 2.37. The zero-order valence-electron chi connectivity index (χ0n) is 7.49. The van der Waals surface area contributed by atoms with Gasteiger partial charge < -0.3 is 5.32 Å². The van der Waals surface area contributed by atoms with Gasteiger partial charge in [-0.05, 0) is 31.2 Å². The molecule has 2 rings (SSSR count). The van der Waals surface area contributed by atoms with Crippen molar-refractivity contribution in [3.8, 4) is 0 Å². The van der Waals surface area contributed by atoms with Gasteiger partial charge in [-0.1, -0.05) is 11.6 Å². The number of alkyl halides is 1. The van der Waals surface area contributed by atoms with E-state index in [1.54, 1.807) is 0 Å². The Morgan fingerprint density at radius 1 is 1.43 bits per heavy atom. The lowest BCUT2D eigenvalue weighted by Gasteiger charge is -2.19. The van der Waals surface area contributed by atoms with Crippen molar-refractivity contribution in [3.63, 3.8) is 0 Å². The molecule has 0 aliphatic carbocycles. The van der Waals surface area contributed by atoms with Gasteiger partial charge in [0, 0.05) is 17.1 Å². The Balaban J connectivity index is 2.44. The lowest BCUT2D eigenvalue weighted by atomic mass is 9.95. The first-order valence-corrected chi connectivity index (χ1v) is 4.85. The monoisotopic (exact) mass is 217 g/mol. The average molecular weight is 218 g/mol. The van der Waals surface area contributed by atoms with Crippen LogP contribution < -0.4 is 5.32 Å². The summed E-state index contributed by atoms with van der Waals surface area (Å²) in [5.41, 5.74) is -1.26. The van der Waals surface area contributed by atoms with Crippen LogP contribution in [0.4, 0.5) is 8.78 Å². The predicted molar refractivity (Wildman–Crippen MR) is 51.7 cm³/mol. The molecule has 1 heterocycles. The van der Waals surface area contributed by atoms with E-state index in [2.05, 4.69) is 5.32 Å². The number of hydrogen-bond acceptors (Lipinski definition) is 1. The second-order valence-electron chi connectivity index (χ2n) is 3.52. The number of benzene rings is 1. The van der Waals surface area contributed by atoms with E-state index in [9.17, 15) is 8.78 Å². The van der Waals surface area contributed by atoms with Gasteiger partial charge in [-0.3, -0.25) is 0 Å². The molecule has 0 spiro atoms. The number of halogens is 3. The smallest absolute Gasteiger partial charge is 0.151 e. The minimum absolute atomic E-state index is 0.205. The van der Waals surface area contributed by atoms with Gasteiger partial charge in [-0.15, -0.1) is 0 Å². The van der Waals surface area contributed by atoms with Gasteiger partial charge in [0.1, 0.15) is 5.82 Å². The summed E-state index contributed by atoms with van der Waals surface area (Å²) in [5, 5.41) is 3.19. The van der Waals surface area contributed by atoms with Crippen LogP contribution in [0.25, 0.3) is 0 Å². The molecule has 1 N–H and O–H groups in total. The third-order valence-electron chi connectivity index (χ3n) is 2.51. The van der Waals surface area contributed by atoms with Gasteiger partial charge in [0.05, 0.1) is 0 Å². The van der Waals surface area contributed by atoms with Crippen LogP contribution in [0.2, 0.25) is 5.02 Å². The van der Waals surface area contributed by atoms with E-state index in [4.69, 9.17) is 11.6 Å². The lowest BCUT2D eigenvalue weighted by Crippen LogP contribution is -2.23. The summed E-state index contributed by atoms with van der Waals surface area (Å²) in [6, 6.07) is 3.80. The second kappa shape index (κ2) is 3.48. The minimum Gasteiger partial charge on any atom is -0.313 e. The number of hydrogen-bond donors (Lipinski definition) is 1. The average Bonchev–Trinajstić information content (AvgIpc) is 2.58. The fourth-order valence-electron chi connectivity index (χ4n) is 1.73. The van der Waals surface area contributed by atoms with E-state index in [0.717, 1.165) is 0 Å². The maximum atomic E-state index is 14.2. The van der Waals surface area contributed by atoms with Crippen LogP contribution in [0.3, 0.4) is 0 Å². The van der Waals surface area contributed by atoms with Crippen molar-refractivity contribution < 1.29 is 8.78 Å². The molecule has 0 saturated carbocycles. The first kappa shape index (κ1) is 9.87. The molecule has 14 heavy (non-hydrogen) atoms. The van der Waals surface area contributed by atoms with E-state index in [1.807, 2.05) is 0 Å². The summed E-state index contributed by atoms with van der Waals surface area (Å²) < 4.78 is 27.1. The molecule has 1 fully saturated rings. The molecule has 1 nitrogen and oxygen atoms in total. The first-order valence-electron chi connectivity index (χ1n) is 4.47. The van der Waals surface area contributed by atoms with Crippen LogP contribution in [0.1, 0.15) is 12.0 Å². The van der Waals surface area contributed by atoms with Crippen molar-refractivity contribution in [2.24, 2.45) is 0 Å². The molecule has 0 bridgehead atoms. The van der Waals surface area contributed by atoms with Gasteiger partial charge in [-0.2, -0.15) is 0 Å². The summed E-state index contributed by atoms with van der Waals surface area (Å²) in [4.78, 5) is 0. The Labute approximate surface area is 86.1 Å². The SMILES string of the molecule is Fc1ccc(Cl)c(C2(F)CCNC2)c1. The Bertz CT molecular complexity index is 348. The molecule has 1 aliphatic rings. The van der Waals surface area contributed by atoms with Crippen LogP contribution in [0.5, 0.6) is 0 Å². The van der Waals surface area contributed by atoms with Gasteiger partial charge >= 0.3 is 0 Å². The van der Waals surface area contributed by atoms with E-state index < -0.39 is 11.5 Å². The Kier molecular flexibility index (Phi) is 2.45. The molecule has 1 saturated heterocycles. The van der Waals surface area contributed by atoms with Crippen LogP contribution in [0.15, 0.2) is 18.2 Å². The summed E-state index contributed by atoms with van der Waals surface area (Å²) >= 11 is 5.83. The minimum atomic E-state index is -1.51.